The molecule has 0 radical (unpaired) electrons. The predicted molar refractivity (Wildman–Crippen MR) is 169 cm³/mol. The maximum Gasteiger partial charge on any atom is 0.313 e. The van der Waals surface area contributed by atoms with Crippen molar-refractivity contribution in [2.75, 3.05) is 26.9 Å². The second kappa shape index (κ2) is 14.1. The molecular formula is C35H47N3O8. The molecule has 0 aromatic heterocycles. The van der Waals surface area contributed by atoms with E-state index >= 15 is 0 Å². The molecule has 2 saturated heterocycles. The number of esters is 1. The van der Waals surface area contributed by atoms with Crippen LogP contribution in [0.4, 0.5) is 0 Å². The quantitative estimate of drug-likeness (QED) is 0.328. The molecule has 1 aromatic carbocycles. The highest BCUT2D eigenvalue weighted by Crippen LogP contribution is 2.56. The Labute approximate surface area is 270 Å². The van der Waals surface area contributed by atoms with Gasteiger partial charge in [-0.3, -0.25) is 19.2 Å². The van der Waals surface area contributed by atoms with Crippen molar-refractivity contribution in [2.24, 2.45) is 17.8 Å². The number of nitrogens with one attached hydrogen (secondary N) is 1. The zero-order valence-corrected chi connectivity index (χ0v) is 27.3. The number of fused-ring (bicyclic) bond motifs is 2. The predicted octanol–water partition coefficient (Wildman–Crippen LogP) is 2.55. The molecule has 1 spiro atoms. The fourth-order valence-electron chi connectivity index (χ4n) is 7.50. The van der Waals surface area contributed by atoms with E-state index in [1.165, 1.54) is 12.0 Å². The van der Waals surface area contributed by atoms with E-state index in [-0.39, 0.29) is 50.0 Å². The third kappa shape index (κ3) is 6.24. The van der Waals surface area contributed by atoms with Crippen LogP contribution >= 0.6 is 0 Å². The van der Waals surface area contributed by atoms with Crippen LogP contribution in [0.5, 0.6) is 0 Å². The van der Waals surface area contributed by atoms with Crippen LogP contribution in [0.15, 0.2) is 54.6 Å². The number of ether oxygens (including phenoxy) is 3. The summed E-state index contributed by atoms with van der Waals surface area (Å²) in [5.74, 6) is -3.57. The highest BCUT2D eigenvalue weighted by Gasteiger charge is 2.74. The van der Waals surface area contributed by atoms with Crippen LogP contribution in [-0.4, -0.2) is 101 Å². The van der Waals surface area contributed by atoms with Crippen molar-refractivity contribution in [1.82, 2.24) is 15.1 Å². The van der Waals surface area contributed by atoms with Gasteiger partial charge in [-0.15, -0.1) is 0 Å². The van der Waals surface area contributed by atoms with E-state index in [0.717, 1.165) is 0 Å². The van der Waals surface area contributed by atoms with Crippen LogP contribution in [0.25, 0.3) is 0 Å². The van der Waals surface area contributed by atoms with Gasteiger partial charge in [0.2, 0.25) is 17.7 Å². The van der Waals surface area contributed by atoms with E-state index in [1.54, 1.807) is 17.1 Å². The number of benzene rings is 1. The second-order valence-electron chi connectivity index (χ2n) is 13.4. The molecule has 0 aliphatic carbocycles. The number of hydrogen-bond acceptors (Lipinski definition) is 8. The fraction of sp³-hybridized carbons (Fsp3) is 0.600. The number of likely N-dealkylation sites (tertiary alicyclic amines) is 1. The summed E-state index contributed by atoms with van der Waals surface area (Å²) in [6.45, 7) is 7.79. The molecule has 0 saturated carbocycles. The monoisotopic (exact) mass is 637 g/mol. The number of aliphatic hydroxyl groups is 1. The molecule has 2 fully saturated rings. The average Bonchev–Trinajstić information content (AvgIpc) is 3.67. The van der Waals surface area contributed by atoms with Crippen molar-refractivity contribution in [3.63, 3.8) is 0 Å². The lowest BCUT2D eigenvalue weighted by Gasteiger charge is -2.40. The molecule has 4 heterocycles. The van der Waals surface area contributed by atoms with Crippen LogP contribution in [0.3, 0.4) is 0 Å². The number of methoxy groups -OCH3 is 1. The molecule has 1 aromatic rings. The highest BCUT2D eigenvalue weighted by atomic mass is 16.6. The van der Waals surface area contributed by atoms with Gasteiger partial charge in [0.1, 0.15) is 23.7 Å². The number of carbonyl (C=O) groups is 4. The van der Waals surface area contributed by atoms with Crippen LogP contribution in [0.2, 0.25) is 0 Å². The molecule has 4 aliphatic heterocycles. The van der Waals surface area contributed by atoms with Crippen molar-refractivity contribution < 1.29 is 38.5 Å². The van der Waals surface area contributed by atoms with Gasteiger partial charge >= 0.3 is 5.97 Å². The summed E-state index contributed by atoms with van der Waals surface area (Å²) >= 11 is 0. The fourth-order valence-corrected chi connectivity index (χ4v) is 7.50. The average molecular weight is 638 g/mol. The normalized spacial score (nSPS) is 33.0. The Morgan fingerprint density at radius 1 is 1.07 bits per heavy atom. The Morgan fingerprint density at radius 3 is 2.46 bits per heavy atom. The molecule has 4 aliphatic rings. The van der Waals surface area contributed by atoms with Crippen LogP contribution in [0, 0.1) is 17.8 Å². The smallest absolute Gasteiger partial charge is 0.313 e. The number of carbonyl (C=O) groups excluding carboxylic acids is 4. The van der Waals surface area contributed by atoms with Gasteiger partial charge in [0.15, 0.2) is 0 Å². The molecule has 11 nitrogen and oxygen atoms in total. The van der Waals surface area contributed by atoms with Gasteiger partial charge in [-0.1, -0.05) is 68.5 Å². The summed E-state index contributed by atoms with van der Waals surface area (Å²) in [4.78, 5) is 59.7. The van der Waals surface area contributed by atoms with Gasteiger partial charge in [0, 0.05) is 26.1 Å². The number of allylic oxidation sites excluding steroid dienone is 1. The van der Waals surface area contributed by atoms with E-state index in [4.69, 9.17) is 14.2 Å². The van der Waals surface area contributed by atoms with Crippen LogP contribution < -0.4 is 5.32 Å². The van der Waals surface area contributed by atoms with E-state index < -0.39 is 59.6 Å². The summed E-state index contributed by atoms with van der Waals surface area (Å²) in [6.07, 6.45) is 6.61. The molecule has 0 unspecified atom stereocenters. The number of hydrogen-bond donors (Lipinski definition) is 2. The largest absolute Gasteiger partial charge is 0.455 e. The van der Waals surface area contributed by atoms with Crippen LogP contribution in [-0.2, 0) is 33.4 Å². The zero-order valence-electron chi connectivity index (χ0n) is 27.3. The summed E-state index contributed by atoms with van der Waals surface area (Å²) in [6, 6.07) is 6.44. The maximum absolute atomic E-state index is 14.6. The number of amides is 3. The van der Waals surface area contributed by atoms with E-state index in [2.05, 4.69) is 5.32 Å². The van der Waals surface area contributed by atoms with Crippen molar-refractivity contribution in [3.05, 3.63) is 60.2 Å². The molecule has 2 N–H and O–H groups in total. The Balaban J connectivity index is 1.63. The van der Waals surface area contributed by atoms with Crippen molar-refractivity contribution in [2.45, 2.75) is 88.9 Å². The van der Waals surface area contributed by atoms with Crippen LogP contribution in [0.1, 0.15) is 58.6 Å². The number of rotatable bonds is 8. The van der Waals surface area contributed by atoms with Crippen molar-refractivity contribution in [3.8, 4) is 0 Å². The first-order valence-corrected chi connectivity index (χ1v) is 16.3. The number of cyclic esters (lactones) is 1. The van der Waals surface area contributed by atoms with Gasteiger partial charge in [-0.2, -0.15) is 0 Å². The third-order valence-electron chi connectivity index (χ3n) is 9.51. The first-order chi connectivity index (χ1) is 22.0. The summed E-state index contributed by atoms with van der Waals surface area (Å²) in [5.41, 5.74) is -0.747. The third-order valence-corrected chi connectivity index (χ3v) is 9.51. The van der Waals surface area contributed by atoms with E-state index in [0.29, 0.717) is 18.4 Å². The molecule has 5 bridgehead atoms. The topological polar surface area (TPSA) is 135 Å². The SMILES string of the molecule is COC[C@@H]1NC(=O)CC/C=C\CN(C(C)C)C(=O)[C@H]2N([C@@H](CO)CC(C)C)C(=O)[C@@H]3[C@@H](C(=O)O[C@H]1c1ccccc1)[C@H]1C=C[C@]32O1. The molecule has 11 heteroatoms. The molecule has 3 amide bonds. The van der Waals surface area contributed by atoms with Gasteiger partial charge < -0.3 is 34.4 Å². The lowest BCUT2D eigenvalue weighted by Crippen LogP contribution is -2.59. The first-order valence-electron chi connectivity index (χ1n) is 16.3. The summed E-state index contributed by atoms with van der Waals surface area (Å²) < 4.78 is 18.3. The van der Waals surface area contributed by atoms with Gasteiger partial charge in [0.05, 0.1) is 37.3 Å². The van der Waals surface area contributed by atoms with Gasteiger partial charge in [-0.25, -0.2) is 0 Å². The number of aliphatic hydroxyl groups excluding tert-OH is 1. The molecule has 5 rings (SSSR count). The minimum absolute atomic E-state index is 0.0757. The minimum Gasteiger partial charge on any atom is -0.455 e. The number of nitrogens with zero attached hydrogens (tertiary/aromatic N) is 2. The lowest BCUT2D eigenvalue weighted by molar-refractivity contribution is -0.163. The molecule has 8 atom stereocenters. The molecule has 250 valence electrons. The standard InChI is InChI=1S/C35H47N3O8/c1-21(2)18-24(19-39)38-31-33(42)37(22(3)4)17-11-7-10-14-27(40)36-25(20-44-5)30(23-12-8-6-9-13-23)45-34(43)28-26-15-16-35(31,46-26)29(28)32(38)41/h6-9,11-13,15-16,21-22,24-26,28-31,39H,10,14,17-20H2,1-5H3,(H,36,40)/b11-7-/t24-,25+,26-,28+,29+,30+,31-,35+/m1/s1. The second-order valence-corrected chi connectivity index (χ2v) is 13.4. The van der Waals surface area contributed by atoms with E-state index in [9.17, 15) is 24.3 Å². The Morgan fingerprint density at radius 2 is 1.80 bits per heavy atom. The molecular weight excluding hydrogens is 590 g/mol. The maximum atomic E-state index is 14.6. The highest BCUT2D eigenvalue weighted by molar-refractivity contribution is 5.99. The minimum atomic E-state index is -1.40. The Kier molecular flexibility index (Phi) is 10.3. The van der Waals surface area contributed by atoms with Gasteiger partial charge in [0.25, 0.3) is 0 Å². The Hall–Kier alpha value is -3.54. The first kappa shape index (κ1) is 33.8. The lowest BCUT2D eigenvalue weighted by atomic mass is 9.74. The molecule has 46 heavy (non-hydrogen) atoms. The van der Waals surface area contributed by atoms with E-state index in [1.807, 2.05) is 70.2 Å². The van der Waals surface area contributed by atoms with Crippen molar-refractivity contribution in [1.29, 1.82) is 0 Å². The Bertz CT molecular complexity index is 1350. The summed E-state index contributed by atoms with van der Waals surface area (Å²) in [7, 11) is 1.51. The van der Waals surface area contributed by atoms with Gasteiger partial charge in [-0.05, 0) is 38.2 Å². The summed E-state index contributed by atoms with van der Waals surface area (Å²) in [5, 5.41) is 13.6. The zero-order chi connectivity index (χ0) is 33.2. The van der Waals surface area contributed by atoms with Crippen molar-refractivity contribution >= 4 is 23.7 Å².